The van der Waals surface area contributed by atoms with E-state index in [-0.39, 0.29) is 15.8 Å². The van der Waals surface area contributed by atoms with Gasteiger partial charge in [0.1, 0.15) is 11.2 Å². The summed E-state index contributed by atoms with van der Waals surface area (Å²) in [6.07, 6.45) is 0. The van der Waals surface area contributed by atoms with Crippen molar-refractivity contribution in [3.05, 3.63) is 291 Å². The smallest absolute Gasteiger partial charge is 0.143 e. The average Bonchev–Trinajstić information content (AvgIpc) is 1.12. The van der Waals surface area contributed by atoms with Gasteiger partial charge in [-0.05, 0) is 150 Å². The number of hydrogen-bond acceptors (Lipinski definition) is 1. The standard InChI is InChI=1S/C42H26O.C34H22.CH4.B/c1-2-12-27(13-3-1)29-15-10-16-30(26-29)39-32-18-6-8-20-34(32)40(35-21-9-7-19-33(35)39)36-22-11-23-38-41(36)37-25-24-28-14-4-5-17-31(28)42(37)43-38;1-2-12-25-22-26(21-20-23(25)10-1)33-29-15-5-7-17-31(29)34(32-18-8-6-16-30(32)33)28-19-9-13-24-11-3-4-14-27(24)28;;/h1-26H;1-22H;1H4;/i;1D,2D,3D,4D,5D,6D,7D,8D,9D,10D,11D,12D,13D,14D,15D,16D,17D,18D,19D,20D,21D,22D;;. The Morgan fingerprint density at radius 2 is 0.785 bits per heavy atom. The van der Waals surface area contributed by atoms with Crippen LogP contribution in [0.15, 0.2) is 295 Å². The van der Waals surface area contributed by atoms with Crippen LogP contribution in [0.25, 0.3) is 153 Å². The maximum atomic E-state index is 9.32. The molecule has 0 aliphatic rings. The maximum Gasteiger partial charge on any atom is 0.143 e. The van der Waals surface area contributed by atoms with Gasteiger partial charge in [-0.2, -0.15) is 0 Å². The quantitative estimate of drug-likeness (QED) is 0.124. The molecule has 0 unspecified atom stereocenters. The van der Waals surface area contributed by atoms with Gasteiger partial charge in [-0.3, -0.25) is 0 Å². The summed E-state index contributed by atoms with van der Waals surface area (Å²) in [5.74, 6) is 0. The van der Waals surface area contributed by atoms with Crippen molar-refractivity contribution < 1.29 is 34.6 Å². The van der Waals surface area contributed by atoms with E-state index >= 15 is 0 Å². The summed E-state index contributed by atoms with van der Waals surface area (Å²) < 4.78 is 200. The van der Waals surface area contributed by atoms with Gasteiger partial charge in [0.25, 0.3) is 0 Å². The third-order valence-electron chi connectivity index (χ3n) is 14.3. The molecule has 1 nitrogen and oxygen atoms in total. The monoisotopic (exact) mass is 1030 g/mol. The van der Waals surface area contributed by atoms with E-state index in [1.54, 1.807) is 0 Å². The molecule has 0 bridgehead atoms. The van der Waals surface area contributed by atoms with E-state index in [9.17, 15) is 6.85 Å². The van der Waals surface area contributed by atoms with E-state index in [1.165, 1.54) is 60.3 Å². The van der Waals surface area contributed by atoms with Crippen LogP contribution in [-0.2, 0) is 0 Å². The number of furan rings is 1. The lowest BCUT2D eigenvalue weighted by Crippen LogP contribution is -1.91. The third-order valence-corrected chi connectivity index (χ3v) is 14.3. The first-order valence-corrected chi connectivity index (χ1v) is 24.8. The maximum absolute atomic E-state index is 9.32. The molecule has 369 valence electrons. The fourth-order valence-corrected chi connectivity index (χ4v) is 11.0. The van der Waals surface area contributed by atoms with Crippen molar-refractivity contribution in [1.82, 2.24) is 0 Å². The zero-order chi connectivity index (χ0) is 70.0. The van der Waals surface area contributed by atoms with Gasteiger partial charge in [0, 0.05) is 24.6 Å². The lowest BCUT2D eigenvalue weighted by atomic mass is 9.84. The molecular formula is C77H52BO. The molecule has 15 aromatic carbocycles. The molecule has 0 amide bonds. The van der Waals surface area contributed by atoms with Gasteiger partial charge in [0.2, 0.25) is 0 Å². The molecule has 16 aromatic rings. The second-order valence-electron chi connectivity index (χ2n) is 18.5. The predicted octanol–water partition coefficient (Wildman–Crippen LogP) is 21.9. The summed E-state index contributed by atoms with van der Waals surface area (Å²) in [5, 5.41) is 4.83. The predicted molar refractivity (Wildman–Crippen MR) is 342 cm³/mol. The van der Waals surface area contributed by atoms with E-state index in [0.717, 1.165) is 27.3 Å². The van der Waals surface area contributed by atoms with Crippen LogP contribution in [0, 0.1) is 0 Å². The number of hydrogen-bond donors (Lipinski definition) is 0. The van der Waals surface area contributed by atoms with Gasteiger partial charge in [0.05, 0.1) is 30.2 Å². The normalized spacial score (nSPS) is 15.2. The Morgan fingerprint density at radius 3 is 1.48 bits per heavy atom. The summed E-state index contributed by atoms with van der Waals surface area (Å²) in [6.45, 7) is 0. The van der Waals surface area contributed by atoms with Crippen LogP contribution < -0.4 is 0 Å². The minimum absolute atomic E-state index is 0. The zero-order valence-corrected chi connectivity index (χ0v) is 41.0. The zero-order valence-electron chi connectivity index (χ0n) is 63.0. The average molecular weight is 1030 g/mol. The van der Waals surface area contributed by atoms with Gasteiger partial charge in [0.15, 0.2) is 0 Å². The van der Waals surface area contributed by atoms with E-state index in [0.29, 0.717) is 0 Å². The third kappa shape index (κ3) is 8.12. The summed E-state index contributed by atoms with van der Waals surface area (Å²) >= 11 is 0. The highest BCUT2D eigenvalue weighted by atomic mass is 16.3. The molecular weight excluding hydrogens is 952 g/mol. The van der Waals surface area contributed by atoms with E-state index in [2.05, 4.69) is 158 Å². The Bertz CT molecular complexity index is 6190. The summed E-state index contributed by atoms with van der Waals surface area (Å²) in [5.41, 5.74) is 6.65. The molecule has 1 heterocycles. The fourth-order valence-electron chi connectivity index (χ4n) is 11.0. The topological polar surface area (TPSA) is 13.1 Å². The fraction of sp³-hybridized carbons (Fsp3) is 0.0130. The minimum atomic E-state index is -0.915. The molecule has 0 fully saturated rings. The molecule has 0 atom stereocenters. The molecule has 0 aliphatic heterocycles. The second kappa shape index (κ2) is 20.2. The van der Waals surface area contributed by atoms with E-state index in [1.807, 2.05) is 0 Å². The number of rotatable bonds is 5. The lowest BCUT2D eigenvalue weighted by Gasteiger charge is -2.19. The van der Waals surface area contributed by atoms with Crippen LogP contribution in [0.2, 0.25) is 0 Å². The van der Waals surface area contributed by atoms with Gasteiger partial charge in [-0.25, -0.2) is 0 Å². The molecule has 0 aliphatic carbocycles. The van der Waals surface area contributed by atoms with Crippen molar-refractivity contribution in [3.63, 3.8) is 0 Å². The molecule has 1 aromatic heterocycles. The lowest BCUT2D eigenvalue weighted by molar-refractivity contribution is 0.673. The van der Waals surface area contributed by atoms with Crippen molar-refractivity contribution in [2.75, 3.05) is 0 Å². The highest BCUT2D eigenvalue weighted by Gasteiger charge is 2.22. The summed E-state index contributed by atoms with van der Waals surface area (Å²) in [7, 11) is 0. The Balaban J connectivity index is 0.000000182. The van der Waals surface area contributed by atoms with Crippen molar-refractivity contribution >= 4 is 106 Å². The molecule has 0 saturated carbocycles. The van der Waals surface area contributed by atoms with Crippen molar-refractivity contribution in [3.8, 4) is 55.6 Å². The Morgan fingerprint density at radius 1 is 0.278 bits per heavy atom. The van der Waals surface area contributed by atoms with Crippen LogP contribution >= 0.6 is 0 Å². The second-order valence-corrected chi connectivity index (χ2v) is 18.5. The first kappa shape index (κ1) is 30.1. The Kier molecular flexibility index (Phi) is 7.67. The van der Waals surface area contributed by atoms with Gasteiger partial charge in [-0.1, -0.05) is 274 Å². The van der Waals surface area contributed by atoms with Crippen molar-refractivity contribution in [2.24, 2.45) is 0 Å². The van der Waals surface area contributed by atoms with Crippen LogP contribution in [0.3, 0.4) is 0 Å². The molecule has 16 rings (SSSR count). The van der Waals surface area contributed by atoms with E-state index in [4.69, 9.17) is 27.7 Å². The summed E-state index contributed by atoms with van der Waals surface area (Å²) in [4.78, 5) is 0. The molecule has 3 radical (unpaired) electrons. The Labute approximate surface area is 492 Å². The van der Waals surface area contributed by atoms with Crippen LogP contribution in [0.1, 0.15) is 37.6 Å². The van der Waals surface area contributed by atoms with Crippen molar-refractivity contribution in [1.29, 1.82) is 0 Å². The van der Waals surface area contributed by atoms with Crippen LogP contribution in [0.4, 0.5) is 0 Å². The molecule has 79 heavy (non-hydrogen) atoms. The SMILES string of the molecule is C.[2H]c1c([2H])c([2H])c2c([2H])c(-c3c4c([2H])c([2H])c([2H])c([2H])c4c(-c4c([2H])c([2H])c([2H])c5c([2H])c([2H])c([2H])c([2H])c45)c4c([2H])c([2H])c([2H])c([2H])c34)c([2H])c([2H])c2c1[2H].[B].c1ccc(-c2cccc(-c3c4ccccc4c(-c4cccc5oc6c7ccccc7ccc6c45)c4ccccc34)c2)cc1. The highest BCUT2D eigenvalue weighted by molar-refractivity contribution is 6.28. The van der Waals surface area contributed by atoms with Gasteiger partial charge in [-0.15, -0.1) is 0 Å². The first-order valence-electron chi connectivity index (χ1n) is 35.8. The van der Waals surface area contributed by atoms with E-state index < -0.39 is 198 Å². The molecule has 0 spiro atoms. The number of benzene rings is 15. The Hall–Kier alpha value is -10.0. The first-order chi connectivity index (χ1) is 47.4. The molecule has 0 N–H and O–H groups in total. The molecule has 2 heteroatoms. The summed E-state index contributed by atoms with van der Waals surface area (Å²) in [6, 6.07) is 37.8. The van der Waals surface area contributed by atoms with Crippen molar-refractivity contribution in [2.45, 2.75) is 7.43 Å². The van der Waals surface area contributed by atoms with Gasteiger partial charge < -0.3 is 4.42 Å². The molecule has 0 saturated heterocycles. The van der Waals surface area contributed by atoms with Crippen LogP contribution in [0.5, 0.6) is 0 Å². The van der Waals surface area contributed by atoms with Gasteiger partial charge >= 0.3 is 0 Å². The van der Waals surface area contributed by atoms with Crippen LogP contribution in [-0.4, -0.2) is 8.41 Å². The highest BCUT2D eigenvalue weighted by Crippen LogP contribution is 2.49. The number of fused-ring (bicyclic) bond motifs is 11. The largest absolute Gasteiger partial charge is 0.455 e. The minimum Gasteiger partial charge on any atom is -0.455 e.